The van der Waals surface area contributed by atoms with E-state index in [1.54, 1.807) is 0 Å². The summed E-state index contributed by atoms with van der Waals surface area (Å²) < 4.78 is 0. The predicted molar refractivity (Wildman–Crippen MR) is 121 cm³/mol. The molecule has 0 saturated heterocycles. The zero-order valence-corrected chi connectivity index (χ0v) is 16.7. The van der Waals surface area contributed by atoms with Gasteiger partial charge in [-0.1, -0.05) is 110 Å². The highest BCUT2D eigenvalue weighted by atomic mass is 14.1. The molecule has 4 aromatic rings. The van der Waals surface area contributed by atoms with Gasteiger partial charge in [-0.3, -0.25) is 0 Å². The van der Waals surface area contributed by atoms with Crippen molar-refractivity contribution in [2.45, 2.75) is 26.7 Å². The molecule has 4 aromatic carbocycles. The van der Waals surface area contributed by atoms with Gasteiger partial charge >= 0.3 is 0 Å². The van der Waals surface area contributed by atoms with E-state index in [9.17, 15) is 0 Å². The van der Waals surface area contributed by atoms with Crippen LogP contribution in [-0.4, -0.2) is 0 Å². The molecule has 0 spiro atoms. The van der Waals surface area contributed by atoms with Gasteiger partial charge in [0.25, 0.3) is 0 Å². The monoisotopic (exact) mass is 362 g/mol. The highest BCUT2D eigenvalue weighted by Crippen LogP contribution is 2.24. The van der Waals surface area contributed by atoms with E-state index in [0.717, 1.165) is 12.8 Å². The predicted octanol–water partition coefficient (Wildman–Crippen LogP) is 7.48. The van der Waals surface area contributed by atoms with Crippen LogP contribution in [0.15, 0.2) is 97.1 Å². The molecule has 0 aliphatic heterocycles. The summed E-state index contributed by atoms with van der Waals surface area (Å²) in [6.07, 6.45) is 2.04. The van der Waals surface area contributed by atoms with Crippen molar-refractivity contribution in [2.24, 2.45) is 0 Å². The van der Waals surface area contributed by atoms with Crippen molar-refractivity contribution in [1.29, 1.82) is 0 Å². The fourth-order valence-electron chi connectivity index (χ4n) is 3.66. The molecule has 0 aliphatic carbocycles. The topological polar surface area (TPSA) is 0 Å². The quantitative estimate of drug-likeness (QED) is 0.345. The third-order valence-electron chi connectivity index (χ3n) is 5.34. The van der Waals surface area contributed by atoms with E-state index in [-0.39, 0.29) is 0 Å². The molecule has 0 nitrogen and oxygen atoms in total. The Kier molecular flexibility index (Phi) is 5.39. The molecule has 0 unspecified atom stereocenters. The van der Waals surface area contributed by atoms with Gasteiger partial charge in [0.05, 0.1) is 0 Å². The molecule has 0 aliphatic rings. The zero-order valence-electron chi connectivity index (χ0n) is 16.7. The first-order valence-electron chi connectivity index (χ1n) is 10.1. The van der Waals surface area contributed by atoms with E-state index in [1.165, 1.54) is 44.5 Å². The van der Waals surface area contributed by atoms with E-state index < -0.39 is 0 Å². The molecule has 0 radical (unpaired) electrons. The Morgan fingerprint density at radius 3 is 1.57 bits per heavy atom. The van der Waals surface area contributed by atoms with E-state index in [1.807, 2.05) is 0 Å². The van der Waals surface area contributed by atoms with Crippen molar-refractivity contribution in [1.82, 2.24) is 0 Å². The van der Waals surface area contributed by atoms with Crippen LogP contribution in [0.3, 0.4) is 0 Å². The van der Waals surface area contributed by atoms with Gasteiger partial charge < -0.3 is 0 Å². The Bertz CT molecular complexity index is 1050. The van der Waals surface area contributed by atoms with Crippen LogP contribution in [0.25, 0.3) is 22.3 Å². The molecule has 0 bridgehead atoms. The first-order valence-corrected chi connectivity index (χ1v) is 10.1. The second-order valence-electron chi connectivity index (χ2n) is 7.49. The van der Waals surface area contributed by atoms with Gasteiger partial charge in [-0.05, 0) is 58.7 Å². The second kappa shape index (κ2) is 8.27. The Labute approximate surface area is 168 Å². The third kappa shape index (κ3) is 4.23. The lowest BCUT2D eigenvalue weighted by Gasteiger charge is -2.08. The van der Waals surface area contributed by atoms with Crippen LogP contribution in [0.4, 0.5) is 0 Å². The van der Waals surface area contributed by atoms with Crippen molar-refractivity contribution in [3.8, 4) is 22.3 Å². The molecular formula is C28H26. The molecule has 28 heavy (non-hydrogen) atoms. The molecule has 0 saturated carbocycles. The fourth-order valence-corrected chi connectivity index (χ4v) is 3.66. The smallest absolute Gasteiger partial charge is 0.00258 e. The zero-order chi connectivity index (χ0) is 19.3. The van der Waals surface area contributed by atoms with Crippen molar-refractivity contribution < 1.29 is 0 Å². The van der Waals surface area contributed by atoms with Crippen LogP contribution in [0, 0.1) is 6.92 Å². The van der Waals surface area contributed by atoms with Crippen molar-refractivity contribution >= 4 is 0 Å². The molecule has 0 fully saturated rings. The summed E-state index contributed by atoms with van der Waals surface area (Å²) in [4.78, 5) is 0. The van der Waals surface area contributed by atoms with Gasteiger partial charge in [0, 0.05) is 0 Å². The maximum Gasteiger partial charge on any atom is -0.00258 e. The van der Waals surface area contributed by atoms with Crippen LogP contribution in [-0.2, 0) is 12.8 Å². The van der Waals surface area contributed by atoms with Gasteiger partial charge in [0.1, 0.15) is 0 Å². The van der Waals surface area contributed by atoms with Crippen LogP contribution in [0.2, 0.25) is 0 Å². The summed E-state index contributed by atoms with van der Waals surface area (Å²) in [5.74, 6) is 0. The first kappa shape index (κ1) is 18.3. The van der Waals surface area contributed by atoms with E-state index >= 15 is 0 Å². The largest absolute Gasteiger partial charge is 0.0614 e. The summed E-state index contributed by atoms with van der Waals surface area (Å²) in [7, 11) is 0. The lowest BCUT2D eigenvalue weighted by molar-refractivity contribution is 1.14. The molecule has 0 heteroatoms. The standard InChI is InChI=1S/C28H26/c1-3-22-7-5-9-28(20-22)26-16-12-24(13-17-26)19-23-10-14-25(15-11-23)27-8-4-6-21(2)18-27/h4-18,20H,3,19H2,1-2H3. The molecule has 0 N–H and O–H groups in total. The molecule has 138 valence electrons. The lowest BCUT2D eigenvalue weighted by atomic mass is 9.97. The first-order chi connectivity index (χ1) is 13.7. The maximum absolute atomic E-state index is 2.29. The van der Waals surface area contributed by atoms with E-state index in [4.69, 9.17) is 0 Å². The van der Waals surface area contributed by atoms with Crippen molar-refractivity contribution in [3.63, 3.8) is 0 Å². The number of hydrogen-bond donors (Lipinski definition) is 0. The molecular weight excluding hydrogens is 336 g/mol. The number of benzene rings is 4. The van der Waals surface area contributed by atoms with Crippen molar-refractivity contribution in [3.05, 3.63) is 119 Å². The third-order valence-corrected chi connectivity index (χ3v) is 5.34. The summed E-state index contributed by atoms with van der Waals surface area (Å²) in [5.41, 5.74) is 10.5. The number of rotatable bonds is 5. The summed E-state index contributed by atoms with van der Waals surface area (Å²) in [5, 5.41) is 0. The lowest BCUT2D eigenvalue weighted by Crippen LogP contribution is -1.89. The molecule has 0 heterocycles. The summed E-state index contributed by atoms with van der Waals surface area (Å²) in [6, 6.07) is 35.4. The van der Waals surface area contributed by atoms with E-state index in [0.29, 0.717) is 0 Å². The van der Waals surface area contributed by atoms with Gasteiger partial charge in [0.15, 0.2) is 0 Å². The van der Waals surface area contributed by atoms with Gasteiger partial charge in [-0.15, -0.1) is 0 Å². The minimum Gasteiger partial charge on any atom is -0.0614 e. The summed E-state index contributed by atoms with van der Waals surface area (Å²) in [6.45, 7) is 4.34. The van der Waals surface area contributed by atoms with Crippen LogP contribution < -0.4 is 0 Å². The minimum absolute atomic E-state index is 0.962. The van der Waals surface area contributed by atoms with Gasteiger partial charge in [-0.25, -0.2) is 0 Å². The Hall–Kier alpha value is -3.12. The average Bonchev–Trinajstić information content (AvgIpc) is 2.75. The SMILES string of the molecule is CCc1cccc(-c2ccc(Cc3ccc(-c4cccc(C)c4)cc3)cc2)c1. The molecule has 4 rings (SSSR count). The Balaban J connectivity index is 1.48. The summed E-state index contributed by atoms with van der Waals surface area (Å²) >= 11 is 0. The van der Waals surface area contributed by atoms with E-state index in [2.05, 4.69) is 111 Å². The fraction of sp³-hybridized carbons (Fsp3) is 0.143. The highest BCUT2D eigenvalue weighted by Gasteiger charge is 2.02. The normalized spacial score (nSPS) is 10.8. The van der Waals surface area contributed by atoms with Crippen LogP contribution in [0.1, 0.15) is 29.2 Å². The van der Waals surface area contributed by atoms with Gasteiger partial charge in [-0.2, -0.15) is 0 Å². The maximum atomic E-state index is 2.29. The molecule has 0 aromatic heterocycles. The Morgan fingerprint density at radius 2 is 1.04 bits per heavy atom. The molecule has 0 atom stereocenters. The van der Waals surface area contributed by atoms with Crippen LogP contribution in [0.5, 0.6) is 0 Å². The number of hydrogen-bond acceptors (Lipinski definition) is 0. The van der Waals surface area contributed by atoms with Gasteiger partial charge in [0.2, 0.25) is 0 Å². The van der Waals surface area contributed by atoms with Crippen molar-refractivity contribution in [2.75, 3.05) is 0 Å². The highest BCUT2D eigenvalue weighted by molar-refractivity contribution is 5.65. The second-order valence-corrected chi connectivity index (χ2v) is 7.49. The van der Waals surface area contributed by atoms with Crippen LogP contribution >= 0.6 is 0 Å². The number of aryl methyl sites for hydroxylation is 2. The average molecular weight is 363 g/mol. The Morgan fingerprint density at radius 1 is 0.500 bits per heavy atom. The minimum atomic E-state index is 0.962. The molecule has 0 amide bonds.